The van der Waals surface area contributed by atoms with E-state index in [1.165, 1.54) is 19.3 Å². The van der Waals surface area contributed by atoms with E-state index in [0.717, 1.165) is 25.9 Å². The number of hydrogen-bond donors (Lipinski definition) is 1. The van der Waals surface area contributed by atoms with Crippen molar-refractivity contribution in [3.8, 4) is 0 Å². The highest BCUT2D eigenvalue weighted by Gasteiger charge is 2.27. The molecule has 0 spiro atoms. The molecule has 1 saturated heterocycles. The molecule has 14 heavy (non-hydrogen) atoms. The molecule has 0 aromatic carbocycles. The summed E-state index contributed by atoms with van der Waals surface area (Å²) < 4.78 is 0. The third-order valence-corrected chi connectivity index (χ3v) is 3.66. The lowest BCUT2D eigenvalue weighted by atomic mass is 9.82. The molecule has 0 aromatic rings. The smallest absolute Gasteiger partial charge is 0.222 e. The fourth-order valence-corrected chi connectivity index (χ4v) is 2.26. The summed E-state index contributed by atoms with van der Waals surface area (Å²) in [7, 11) is 1.96. The van der Waals surface area contributed by atoms with Crippen molar-refractivity contribution in [3.63, 3.8) is 0 Å². The third-order valence-electron chi connectivity index (χ3n) is 3.66. The van der Waals surface area contributed by atoms with Gasteiger partial charge in [-0.25, -0.2) is 0 Å². The molecule has 0 unspecified atom stereocenters. The van der Waals surface area contributed by atoms with Crippen LogP contribution in [-0.4, -0.2) is 37.0 Å². The van der Waals surface area contributed by atoms with Crippen molar-refractivity contribution in [1.82, 2.24) is 10.2 Å². The quantitative estimate of drug-likeness (QED) is 0.730. The summed E-state index contributed by atoms with van der Waals surface area (Å²) in [6.07, 6.45) is 5.76. The first-order valence-electron chi connectivity index (χ1n) is 5.74. The molecule has 1 aliphatic carbocycles. The first-order valence-corrected chi connectivity index (χ1v) is 5.74. The summed E-state index contributed by atoms with van der Waals surface area (Å²) in [5.41, 5.74) is 0. The van der Waals surface area contributed by atoms with Crippen LogP contribution < -0.4 is 5.32 Å². The predicted octanol–water partition coefficient (Wildman–Crippen LogP) is 0.997. The zero-order valence-corrected chi connectivity index (χ0v) is 8.96. The number of carbonyl (C=O) groups is 1. The molecule has 2 aliphatic rings. The van der Waals surface area contributed by atoms with Gasteiger partial charge in [-0.05, 0) is 31.7 Å². The number of nitrogens with zero attached hydrogens (tertiary/aromatic N) is 1. The Bertz CT molecular complexity index is 207. The Morgan fingerprint density at radius 2 is 2.21 bits per heavy atom. The van der Waals surface area contributed by atoms with Crippen LogP contribution in [0.3, 0.4) is 0 Å². The molecule has 1 saturated carbocycles. The molecular formula is C11H20N2O. The van der Waals surface area contributed by atoms with E-state index in [9.17, 15) is 4.79 Å². The molecule has 1 heterocycles. The number of rotatable bonds is 3. The van der Waals surface area contributed by atoms with Crippen LogP contribution in [-0.2, 0) is 4.79 Å². The van der Waals surface area contributed by atoms with Gasteiger partial charge in [0.05, 0.1) is 0 Å². The van der Waals surface area contributed by atoms with Gasteiger partial charge in [0, 0.05) is 26.1 Å². The molecule has 1 atom stereocenters. The standard InChI is InChI=1S/C11H20N2O/c1-13(10-5-6-12-8-10)11(14)7-9-3-2-4-9/h9-10,12H,2-8H2,1H3/t10-/m0/s1. The highest BCUT2D eigenvalue weighted by Crippen LogP contribution is 2.30. The van der Waals surface area contributed by atoms with Gasteiger partial charge in [0.15, 0.2) is 0 Å². The van der Waals surface area contributed by atoms with Gasteiger partial charge in [0.2, 0.25) is 5.91 Å². The van der Waals surface area contributed by atoms with Crippen molar-refractivity contribution in [1.29, 1.82) is 0 Å². The second-order valence-electron chi connectivity index (χ2n) is 4.65. The Labute approximate surface area is 85.8 Å². The largest absolute Gasteiger partial charge is 0.341 e. The predicted molar refractivity (Wildman–Crippen MR) is 56.0 cm³/mol. The number of nitrogens with one attached hydrogen (secondary N) is 1. The number of hydrogen-bond acceptors (Lipinski definition) is 2. The zero-order chi connectivity index (χ0) is 9.97. The normalized spacial score (nSPS) is 27.4. The van der Waals surface area contributed by atoms with Crippen molar-refractivity contribution in [2.24, 2.45) is 5.92 Å². The monoisotopic (exact) mass is 196 g/mol. The Hall–Kier alpha value is -0.570. The summed E-state index contributed by atoms with van der Waals surface area (Å²) in [5, 5.41) is 3.30. The van der Waals surface area contributed by atoms with E-state index in [4.69, 9.17) is 0 Å². The van der Waals surface area contributed by atoms with Gasteiger partial charge < -0.3 is 10.2 Å². The van der Waals surface area contributed by atoms with Crippen molar-refractivity contribution in [2.75, 3.05) is 20.1 Å². The number of carbonyl (C=O) groups excluding carboxylic acids is 1. The minimum Gasteiger partial charge on any atom is -0.341 e. The van der Waals surface area contributed by atoms with Gasteiger partial charge in [-0.1, -0.05) is 6.42 Å². The Kier molecular flexibility index (Phi) is 3.06. The fourth-order valence-electron chi connectivity index (χ4n) is 2.26. The number of likely N-dealkylation sites (N-methyl/N-ethyl adjacent to an activating group) is 1. The van der Waals surface area contributed by atoms with Crippen LogP contribution in [0.2, 0.25) is 0 Å². The molecule has 1 amide bonds. The summed E-state index contributed by atoms with van der Waals surface area (Å²) in [6, 6.07) is 0.447. The lowest BCUT2D eigenvalue weighted by Crippen LogP contribution is -2.39. The maximum absolute atomic E-state index is 11.8. The average Bonchev–Trinajstić information content (AvgIpc) is 2.62. The van der Waals surface area contributed by atoms with Crippen LogP contribution in [0.15, 0.2) is 0 Å². The van der Waals surface area contributed by atoms with E-state index in [2.05, 4.69) is 5.32 Å². The highest BCUT2D eigenvalue weighted by atomic mass is 16.2. The molecule has 1 aliphatic heterocycles. The molecule has 3 nitrogen and oxygen atoms in total. The van der Waals surface area contributed by atoms with E-state index < -0.39 is 0 Å². The van der Waals surface area contributed by atoms with Gasteiger partial charge >= 0.3 is 0 Å². The van der Waals surface area contributed by atoms with E-state index in [1.807, 2.05) is 11.9 Å². The van der Waals surface area contributed by atoms with Gasteiger partial charge in [0.25, 0.3) is 0 Å². The summed E-state index contributed by atoms with van der Waals surface area (Å²) in [4.78, 5) is 13.8. The van der Waals surface area contributed by atoms with Crippen LogP contribution in [0.1, 0.15) is 32.1 Å². The van der Waals surface area contributed by atoms with E-state index in [0.29, 0.717) is 17.9 Å². The van der Waals surface area contributed by atoms with E-state index >= 15 is 0 Å². The molecular weight excluding hydrogens is 176 g/mol. The minimum absolute atomic E-state index is 0.350. The van der Waals surface area contributed by atoms with Gasteiger partial charge in [0.1, 0.15) is 0 Å². The minimum atomic E-state index is 0.350. The first kappa shape index (κ1) is 9.97. The number of amides is 1. The van der Waals surface area contributed by atoms with Crippen molar-refractivity contribution in [2.45, 2.75) is 38.1 Å². The second-order valence-corrected chi connectivity index (χ2v) is 4.65. The molecule has 2 rings (SSSR count). The SMILES string of the molecule is CN(C(=O)CC1CCC1)[C@H]1CCNC1. The van der Waals surface area contributed by atoms with Crippen LogP contribution in [0.25, 0.3) is 0 Å². The summed E-state index contributed by atoms with van der Waals surface area (Å²) in [6.45, 7) is 2.04. The zero-order valence-electron chi connectivity index (χ0n) is 8.96. The Morgan fingerprint density at radius 3 is 2.71 bits per heavy atom. The fraction of sp³-hybridized carbons (Fsp3) is 0.909. The highest BCUT2D eigenvalue weighted by molar-refractivity contribution is 5.76. The summed E-state index contributed by atoms with van der Waals surface area (Å²) in [5.74, 6) is 1.04. The third kappa shape index (κ3) is 2.08. The second kappa shape index (κ2) is 4.30. The van der Waals surface area contributed by atoms with Crippen molar-refractivity contribution < 1.29 is 4.79 Å². The van der Waals surface area contributed by atoms with Gasteiger partial charge in [-0.15, -0.1) is 0 Å². The Balaban J connectivity index is 1.77. The van der Waals surface area contributed by atoms with Crippen LogP contribution >= 0.6 is 0 Å². The Morgan fingerprint density at radius 1 is 1.43 bits per heavy atom. The van der Waals surface area contributed by atoms with Crippen molar-refractivity contribution in [3.05, 3.63) is 0 Å². The van der Waals surface area contributed by atoms with Gasteiger partial charge in [-0.2, -0.15) is 0 Å². The lowest BCUT2D eigenvalue weighted by Gasteiger charge is -2.29. The molecule has 0 aromatic heterocycles. The first-order chi connectivity index (χ1) is 6.77. The van der Waals surface area contributed by atoms with E-state index in [-0.39, 0.29) is 0 Å². The lowest BCUT2D eigenvalue weighted by molar-refractivity contribution is -0.133. The molecule has 1 N–H and O–H groups in total. The average molecular weight is 196 g/mol. The maximum atomic E-state index is 11.8. The molecule has 3 heteroatoms. The van der Waals surface area contributed by atoms with Crippen molar-refractivity contribution >= 4 is 5.91 Å². The van der Waals surface area contributed by atoms with Crippen LogP contribution in [0.5, 0.6) is 0 Å². The molecule has 2 fully saturated rings. The van der Waals surface area contributed by atoms with Gasteiger partial charge in [-0.3, -0.25) is 4.79 Å². The maximum Gasteiger partial charge on any atom is 0.222 e. The topological polar surface area (TPSA) is 32.3 Å². The molecule has 0 radical (unpaired) electrons. The van der Waals surface area contributed by atoms with E-state index in [1.54, 1.807) is 0 Å². The van der Waals surface area contributed by atoms with Crippen LogP contribution in [0, 0.1) is 5.92 Å². The molecule has 80 valence electrons. The molecule has 0 bridgehead atoms. The summed E-state index contributed by atoms with van der Waals surface area (Å²) >= 11 is 0. The van der Waals surface area contributed by atoms with Crippen LogP contribution in [0.4, 0.5) is 0 Å².